The minimum atomic E-state index is -5.23. The number of nitrogens with zero attached hydrogens (tertiary/aromatic N) is 3. The highest BCUT2D eigenvalue weighted by Crippen LogP contribution is 2.30. The first-order chi connectivity index (χ1) is 13.2. The van der Waals surface area contributed by atoms with E-state index in [1.54, 1.807) is 0 Å². The summed E-state index contributed by atoms with van der Waals surface area (Å²) in [4.78, 5) is 6.86. The lowest BCUT2D eigenvalue weighted by Crippen LogP contribution is -2.45. The predicted octanol–water partition coefficient (Wildman–Crippen LogP) is 2.45. The highest BCUT2D eigenvalue weighted by Gasteiger charge is 2.50. The van der Waals surface area contributed by atoms with Crippen molar-refractivity contribution in [1.29, 1.82) is 0 Å². The molecule has 0 atom stereocenters. The summed E-state index contributed by atoms with van der Waals surface area (Å²) in [5.41, 5.74) is -5.23. The van der Waals surface area contributed by atoms with Crippen LogP contribution in [0.3, 0.4) is 0 Å². The van der Waals surface area contributed by atoms with Gasteiger partial charge in [-0.2, -0.15) is 17.5 Å². The van der Waals surface area contributed by atoms with Crippen LogP contribution in [0.1, 0.15) is 40.0 Å². The van der Waals surface area contributed by atoms with Gasteiger partial charge in [0.1, 0.15) is 0 Å². The van der Waals surface area contributed by atoms with Gasteiger partial charge in [-0.25, -0.2) is 8.42 Å². The Kier molecular flexibility index (Phi) is 13.7. The van der Waals surface area contributed by atoms with Crippen LogP contribution in [-0.2, 0) is 10.0 Å². The Morgan fingerprint density at radius 3 is 2.21 bits per heavy atom. The summed E-state index contributed by atoms with van der Waals surface area (Å²) in [6.45, 7) is 11.0. The van der Waals surface area contributed by atoms with E-state index in [2.05, 4.69) is 34.4 Å². The lowest BCUT2D eigenvalue weighted by molar-refractivity contribution is -0.0496. The van der Waals surface area contributed by atoms with Crippen LogP contribution in [0.15, 0.2) is 4.99 Å². The van der Waals surface area contributed by atoms with Gasteiger partial charge in [-0.1, -0.05) is 13.8 Å². The molecule has 1 rings (SSSR count). The zero-order valence-electron chi connectivity index (χ0n) is 17.5. The maximum atomic E-state index is 12.6. The Labute approximate surface area is 189 Å². The van der Waals surface area contributed by atoms with Gasteiger partial charge in [-0.05, 0) is 51.7 Å². The Morgan fingerprint density at radius 1 is 1.14 bits per heavy atom. The Bertz CT molecular complexity index is 578. The van der Waals surface area contributed by atoms with Crippen LogP contribution in [-0.4, -0.2) is 81.4 Å². The van der Waals surface area contributed by atoms with Gasteiger partial charge in [0.25, 0.3) is 0 Å². The molecule has 0 aromatic rings. The average Bonchev–Trinajstić information content (AvgIpc) is 2.65. The second kappa shape index (κ2) is 13.9. The number of sulfonamides is 1. The van der Waals surface area contributed by atoms with Gasteiger partial charge < -0.3 is 15.5 Å². The molecule has 1 aliphatic rings. The van der Waals surface area contributed by atoms with E-state index in [0.29, 0.717) is 36.2 Å². The normalized spacial score (nSPS) is 17.3. The van der Waals surface area contributed by atoms with Crippen LogP contribution in [0, 0.1) is 5.92 Å². The van der Waals surface area contributed by atoms with Crippen molar-refractivity contribution in [2.45, 2.75) is 45.5 Å². The lowest BCUT2D eigenvalue weighted by atomic mass is 9.98. The number of aliphatic imine (C=N–C) groups is 1. The van der Waals surface area contributed by atoms with E-state index in [1.165, 1.54) is 0 Å². The highest BCUT2D eigenvalue weighted by molar-refractivity contribution is 14.0. The van der Waals surface area contributed by atoms with Crippen molar-refractivity contribution in [2.75, 3.05) is 52.4 Å². The molecule has 1 heterocycles. The summed E-state index contributed by atoms with van der Waals surface area (Å²) in [6.07, 6.45) is 1.74. The predicted molar refractivity (Wildman–Crippen MR) is 121 cm³/mol. The second-order valence-electron chi connectivity index (χ2n) is 6.82. The van der Waals surface area contributed by atoms with Crippen LogP contribution in [0.25, 0.3) is 0 Å². The fraction of sp³-hybridized carbons (Fsp3) is 0.941. The van der Waals surface area contributed by atoms with Crippen LogP contribution >= 0.6 is 24.0 Å². The molecule has 1 fully saturated rings. The van der Waals surface area contributed by atoms with Crippen molar-refractivity contribution in [3.63, 3.8) is 0 Å². The van der Waals surface area contributed by atoms with E-state index >= 15 is 0 Å². The summed E-state index contributed by atoms with van der Waals surface area (Å²) in [5.74, 6) is 0.762. The number of halogens is 4. The van der Waals surface area contributed by atoms with Gasteiger partial charge in [0.05, 0.1) is 0 Å². The van der Waals surface area contributed by atoms with Crippen LogP contribution in [0.2, 0.25) is 0 Å². The molecule has 2 N–H and O–H groups in total. The first kappa shape index (κ1) is 28.7. The van der Waals surface area contributed by atoms with Gasteiger partial charge in [0.2, 0.25) is 0 Å². The van der Waals surface area contributed by atoms with Crippen molar-refractivity contribution >= 4 is 40.0 Å². The van der Waals surface area contributed by atoms with Crippen LogP contribution in [0.5, 0.6) is 0 Å². The highest BCUT2D eigenvalue weighted by atomic mass is 127. The molecule has 0 aromatic carbocycles. The first-order valence-corrected chi connectivity index (χ1v) is 11.4. The van der Waals surface area contributed by atoms with E-state index in [9.17, 15) is 21.6 Å². The molecule has 1 aliphatic heterocycles. The van der Waals surface area contributed by atoms with Crippen molar-refractivity contribution in [3.05, 3.63) is 0 Å². The molecule has 0 aliphatic carbocycles. The van der Waals surface area contributed by atoms with Crippen molar-refractivity contribution in [2.24, 2.45) is 10.9 Å². The number of hydrogen-bond donors (Lipinski definition) is 2. The Balaban J connectivity index is 0.00000784. The number of alkyl halides is 3. The number of guanidine groups is 1. The monoisotopic (exact) mass is 557 g/mol. The largest absolute Gasteiger partial charge is 0.511 e. The van der Waals surface area contributed by atoms with Gasteiger partial charge >= 0.3 is 15.5 Å². The third kappa shape index (κ3) is 9.55. The Morgan fingerprint density at radius 2 is 1.72 bits per heavy atom. The second-order valence-corrected chi connectivity index (χ2v) is 8.75. The molecular weight excluding hydrogens is 522 g/mol. The number of hydrogen-bond acceptors (Lipinski definition) is 4. The zero-order valence-corrected chi connectivity index (χ0v) is 20.6. The number of nitrogens with one attached hydrogen (secondary N) is 2. The molecule has 0 aromatic heterocycles. The lowest BCUT2D eigenvalue weighted by Gasteiger charge is -2.30. The topological polar surface area (TPSA) is 77.0 Å². The van der Waals surface area contributed by atoms with E-state index in [-0.39, 0.29) is 43.0 Å². The fourth-order valence-corrected chi connectivity index (χ4v) is 4.07. The van der Waals surface area contributed by atoms with E-state index in [0.717, 1.165) is 32.6 Å². The molecule has 1 saturated heterocycles. The quantitative estimate of drug-likeness (QED) is 0.187. The molecule has 0 unspecified atom stereocenters. The molecule has 12 heteroatoms. The third-order valence-electron chi connectivity index (χ3n) is 4.90. The van der Waals surface area contributed by atoms with E-state index < -0.39 is 15.5 Å². The molecule has 174 valence electrons. The van der Waals surface area contributed by atoms with Gasteiger partial charge in [0, 0.05) is 32.7 Å². The van der Waals surface area contributed by atoms with Crippen molar-refractivity contribution in [3.8, 4) is 0 Å². The van der Waals surface area contributed by atoms with Crippen molar-refractivity contribution < 1.29 is 21.6 Å². The summed E-state index contributed by atoms with van der Waals surface area (Å²) < 4.78 is 61.3. The summed E-state index contributed by atoms with van der Waals surface area (Å²) >= 11 is 0. The summed E-state index contributed by atoms with van der Waals surface area (Å²) in [6, 6.07) is 0. The van der Waals surface area contributed by atoms with Gasteiger partial charge in [-0.15, -0.1) is 24.0 Å². The van der Waals surface area contributed by atoms with Crippen LogP contribution < -0.4 is 10.6 Å². The van der Waals surface area contributed by atoms with Gasteiger partial charge in [0.15, 0.2) is 5.96 Å². The fourth-order valence-electron chi connectivity index (χ4n) is 3.09. The molecule has 0 radical (unpaired) electrons. The number of rotatable bonds is 10. The standard InChI is InChI=1S/C17H34F3N5O2S.HI/c1-4-21-16(22-10-7-11-24(5-2)6-3)23-14-15-8-12-25(13-9-15)28(26,27)17(18,19)20;/h15H,4-14H2,1-3H3,(H2,21,22,23);1H. The molecule has 29 heavy (non-hydrogen) atoms. The first-order valence-electron chi connectivity index (χ1n) is 9.96. The van der Waals surface area contributed by atoms with E-state index in [4.69, 9.17) is 0 Å². The van der Waals surface area contributed by atoms with Crippen LogP contribution in [0.4, 0.5) is 13.2 Å². The maximum absolute atomic E-state index is 12.6. The Hall–Kier alpha value is -0.340. The molecular formula is C17H35F3IN5O2S. The van der Waals surface area contributed by atoms with E-state index in [1.807, 2.05) is 6.92 Å². The molecule has 0 amide bonds. The van der Waals surface area contributed by atoms with Crippen molar-refractivity contribution in [1.82, 2.24) is 19.8 Å². The maximum Gasteiger partial charge on any atom is 0.511 e. The zero-order chi connectivity index (χ0) is 21.2. The molecule has 0 saturated carbocycles. The minimum Gasteiger partial charge on any atom is -0.357 e. The van der Waals surface area contributed by atoms with Gasteiger partial charge in [-0.3, -0.25) is 4.99 Å². The third-order valence-corrected chi connectivity index (χ3v) is 6.53. The minimum absolute atomic E-state index is 0. The summed E-state index contributed by atoms with van der Waals surface area (Å²) in [5, 5.41) is 6.44. The summed E-state index contributed by atoms with van der Waals surface area (Å²) in [7, 11) is -5.22. The SMILES string of the molecule is CCNC(=NCC1CCN(S(=O)(=O)C(F)(F)F)CC1)NCCCN(CC)CC.I. The smallest absolute Gasteiger partial charge is 0.357 e. The average molecular weight is 557 g/mol. The molecule has 7 nitrogen and oxygen atoms in total. The molecule has 0 bridgehead atoms. The molecule has 0 spiro atoms. The number of piperidine rings is 1.